The van der Waals surface area contributed by atoms with Crippen molar-refractivity contribution in [1.29, 1.82) is 0 Å². The van der Waals surface area contributed by atoms with Crippen LogP contribution in [0.25, 0.3) is 21.7 Å². The number of hydrogen-bond acceptors (Lipinski definition) is 4. The first-order valence-corrected chi connectivity index (χ1v) is 9.88. The molecule has 0 amide bonds. The quantitative estimate of drug-likeness (QED) is 0.209. The van der Waals surface area contributed by atoms with E-state index in [0.29, 0.717) is 0 Å². The van der Waals surface area contributed by atoms with E-state index < -0.39 is 0 Å². The van der Waals surface area contributed by atoms with Crippen LogP contribution < -0.4 is 0 Å². The second-order valence-corrected chi connectivity index (χ2v) is 8.17. The third-order valence-corrected chi connectivity index (χ3v) is 5.49. The van der Waals surface area contributed by atoms with Crippen molar-refractivity contribution in [2.24, 2.45) is 0 Å². The van der Waals surface area contributed by atoms with Crippen LogP contribution in [0, 0.1) is 26.6 Å². The Hall–Kier alpha value is -0.910. The molecule has 28 heavy (non-hydrogen) atoms. The number of benzene rings is 2. The van der Waals surface area contributed by atoms with Gasteiger partial charge in [-0.2, -0.15) is 0 Å². The highest BCUT2D eigenvalue weighted by Crippen LogP contribution is 2.26. The largest absolute Gasteiger partial charge is 0.249 e. The molecule has 0 saturated heterocycles. The number of hydrogen-bond donors (Lipinski definition) is 0. The first-order chi connectivity index (χ1) is 12.5. The summed E-state index contributed by atoms with van der Waals surface area (Å²) >= 11 is 3.31. The smallest absolute Gasteiger partial charge is 0.123 e. The molecule has 2 heterocycles. The maximum absolute atomic E-state index is 12.9. The molecule has 0 unspecified atom stereocenters. The first-order valence-electron chi connectivity index (χ1n) is 8.18. The summed E-state index contributed by atoms with van der Waals surface area (Å²) < 4.78 is 12.9. The average molecular weight is 638 g/mol. The standard InChI is InChI=1S/C11H11NS.C10H8FNS.2HI/c1-8-4-3-5-10(6-8)11-7-12-9(2)13-11;1-7-10(12-6-13-7)8-3-2-4-9(11)5-8;;/h3-7H,1-2H3;2-6H,1H3;2*1H. The third-order valence-electron chi connectivity index (χ3n) is 3.77. The van der Waals surface area contributed by atoms with Gasteiger partial charge < -0.3 is 0 Å². The minimum absolute atomic E-state index is 0. The zero-order valence-corrected chi connectivity index (χ0v) is 22.0. The summed E-state index contributed by atoms with van der Waals surface area (Å²) in [4.78, 5) is 10.8. The predicted molar refractivity (Wildman–Crippen MR) is 140 cm³/mol. The predicted octanol–water partition coefficient (Wildman–Crippen LogP) is 7.92. The van der Waals surface area contributed by atoms with Gasteiger partial charge in [0.15, 0.2) is 0 Å². The molecule has 0 saturated carbocycles. The normalized spacial score (nSPS) is 9.57. The van der Waals surface area contributed by atoms with Crippen molar-refractivity contribution in [2.45, 2.75) is 20.8 Å². The molecule has 0 radical (unpaired) electrons. The van der Waals surface area contributed by atoms with Crippen LogP contribution in [0.2, 0.25) is 0 Å². The molecule has 0 aliphatic carbocycles. The molecule has 0 fully saturated rings. The molecule has 0 bridgehead atoms. The summed E-state index contributed by atoms with van der Waals surface area (Å²) in [5.41, 5.74) is 6.06. The number of nitrogens with zero attached hydrogens (tertiary/aromatic N) is 2. The molecule has 0 spiro atoms. The number of aryl methyl sites for hydroxylation is 3. The van der Waals surface area contributed by atoms with Crippen LogP contribution in [0.5, 0.6) is 0 Å². The lowest BCUT2D eigenvalue weighted by Crippen LogP contribution is -1.81. The summed E-state index contributed by atoms with van der Waals surface area (Å²) in [6.07, 6.45) is 1.94. The van der Waals surface area contributed by atoms with Gasteiger partial charge in [-0.15, -0.1) is 70.6 Å². The van der Waals surface area contributed by atoms with E-state index in [1.54, 1.807) is 34.3 Å². The molecular formula is C21H21FI2N2S2. The average Bonchev–Trinajstić information content (AvgIpc) is 3.24. The summed E-state index contributed by atoms with van der Waals surface area (Å²) in [7, 11) is 0. The van der Waals surface area contributed by atoms with E-state index in [-0.39, 0.29) is 53.8 Å². The Labute approximate surface area is 207 Å². The number of thiazole rings is 2. The lowest BCUT2D eigenvalue weighted by atomic mass is 10.1. The van der Waals surface area contributed by atoms with Crippen LogP contribution >= 0.6 is 70.6 Å². The van der Waals surface area contributed by atoms with E-state index in [2.05, 4.69) is 41.2 Å². The Balaban J connectivity index is 0.000000261. The highest BCUT2D eigenvalue weighted by atomic mass is 127. The fraction of sp³-hybridized carbons (Fsp3) is 0.143. The van der Waals surface area contributed by atoms with Gasteiger partial charge in [-0.3, -0.25) is 0 Å². The van der Waals surface area contributed by atoms with Gasteiger partial charge in [-0.25, -0.2) is 14.4 Å². The van der Waals surface area contributed by atoms with Crippen LogP contribution in [-0.2, 0) is 0 Å². The molecule has 2 aromatic carbocycles. The molecule has 148 valence electrons. The molecule has 4 rings (SSSR count). The molecule has 0 N–H and O–H groups in total. The molecule has 2 nitrogen and oxygen atoms in total. The highest BCUT2D eigenvalue weighted by molar-refractivity contribution is 14.0. The second-order valence-electron chi connectivity index (χ2n) is 5.88. The first kappa shape index (κ1) is 25.1. The van der Waals surface area contributed by atoms with E-state index in [0.717, 1.165) is 21.1 Å². The lowest BCUT2D eigenvalue weighted by Gasteiger charge is -1.97. The van der Waals surface area contributed by atoms with Gasteiger partial charge in [0.1, 0.15) is 5.82 Å². The fourth-order valence-electron chi connectivity index (χ4n) is 2.51. The molecule has 4 aromatic rings. The lowest BCUT2D eigenvalue weighted by molar-refractivity contribution is 0.628. The molecule has 0 aliphatic rings. The summed E-state index contributed by atoms with van der Waals surface area (Å²) in [6, 6.07) is 15.0. The zero-order chi connectivity index (χ0) is 18.5. The highest BCUT2D eigenvalue weighted by Gasteiger charge is 2.04. The molecule has 0 atom stereocenters. The van der Waals surface area contributed by atoms with Crippen LogP contribution in [0.4, 0.5) is 4.39 Å². The summed E-state index contributed by atoms with van der Waals surface area (Å²) in [5, 5.41) is 1.12. The van der Waals surface area contributed by atoms with Gasteiger partial charge in [-0.1, -0.05) is 42.0 Å². The van der Waals surface area contributed by atoms with Crippen molar-refractivity contribution < 1.29 is 4.39 Å². The van der Waals surface area contributed by atoms with Crippen LogP contribution in [0.1, 0.15) is 15.4 Å². The van der Waals surface area contributed by atoms with Crippen LogP contribution in [-0.4, -0.2) is 9.97 Å². The minimum atomic E-state index is -0.218. The fourth-order valence-corrected chi connectivity index (χ4v) is 3.88. The van der Waals surface area contributed by atoms with Crippen molar-refractivity contribution in [3.05, 3.63) is 81.5 Å². The SMILES string of the molecule is Cc1cccc(-c2cnc(C)s2)c1.Cc1scnc1-c1cccc(F)c1.I.I. The van der Waals surface area contributed by atoms with Crippen molar-refractivity contribution in [3.63, 3.8) is 0 Å². The van der Waals surface area contributed by atoms with Crippen molar-refractivity contribution in [3.8, 4) is 21.7 Å². The number of rotatable bonds is 2. The number of halogens is 3. The minimum Gasteiger partial charge on any atom is -0.249 e. The Morgan fingerprint density at radius 2 is 1.57 bits per heavy atom. The van der Waals surface area contributed by atoms with Gasteiger partial charge >= 0.3 is 0 Å². The maximum atomic E-state index is 12.9. The van der Waals surface area contributed by atoms with E-state index in [9.17, 15) is 4.39 Å². The van der Waals surface area contributed by atoms with E-state index in [4.69, 9.17) is 0 Å². The Bertz CT molecular complexity index is 1010. The van der Waals surface area contributed by atoms with Crippen molar-refractivity contribution in [2.75, 3.05) is 0 Å². The van der Waals surface area contributed by atoms with Crippen molar-refractivity contribution in [1.82, 2.24) is 9.97 Å². The molecule has 2 aromatic heterocycles. The molecule has 7 heteroatoms. The van der Waals surface area contributed by atoms with Crippen molar-refractivity contribution >= 4 is 70.6 Å². The van der Waals surface area contributed by atoms with Gasteiger partial charge in [-0.05, 0) is 38.5 Å². The van der Waals surface area contributed by atoms with E-state index >= 15 is 0 Å². The monoisotopic (exact) mass is 638 g/mol. The Kier molecular flexibility index (Phi) is 10.7. The summed E-state index contributed by atoms with van der Waals surface area (Å²) in [6.45, 7) is 6.12. The Morgan fingerprint density at radius 1 is 0.857 bits per heavy atom. The van der Waals surface area contributed by atoms with Crippen LogP contribution in [0.3, 0.4) is 0 Å². The van der Waals surface area contributed by atoms with Gasteiger partial charge in [0.05, 0.1) is 21.1 Å². The molecular weight excluding hydrogens is 617 g/mol. The van der Waals surface area contributed by atoms with E-state index in [1.807, 2.05) is 26.1 Å². The van der Waals surface area contributed by atoms with Crippen LogP contribution in [0.15, 0.2) is 60.2 Å². The molecule has 0 aliphatic heterocycles. The maximum Gasteiger partial charge on any atom is 0.123 e. The Morgan fingerprint density at radius 3 is 2.14 bits per heavy atom. The zero-order valence-electron chi connectivity index (χ0n) is 15.7. The van der Waals surface area contributed by atoms with Gasteiger partial charge in [0, 0.05) is 16.6 Å². The number of aromatic nitrogens is 2. The van der Waals surface area contributed by atoms with E-state index in [1.165, 1.54) is 28.1 Å². The third kappa shape index (κ3) is 6.85. The summed E-state index contributed by atoms with van der Waals surface area (Å²) in [5.74, 6) is -0.218. The van der Waals surface area contributed by atoms with Gasteiger partial charge in [0.2, 0.25) is 0 Å². The van der Waals surface area contributed by atoms with Gasteiger partial charge in [0.25, 0.3) is 0 Å². The topological polar surface area (TPSA) is 25.8 Å². The second kappa shape index (κ2) is 11.9.